The number of oxime groups is 1. The predicted molar refractivity (Wildman–Crippen MR) is 162 cm³/mol. The van der Waals surface area contributed by atoms with E-state index in [-0.39, 0.29) is 22.2 Å². The molecule has 0 saturated carbocycles. The number of carbonyl (C=O) groups excluding carboxylic acids is 3. The zero-order chi connectivity index (χ0) is 29.6. The molecule has 12 heteroatoms. The molecule has 2 aromatic carbocycles. The zero-order valence-corrected chi connectivity index (χ0v) is 24.6. The number of allylic oxidation sites excluding steroid dienone is 2. The Bertz CT molecular complexity index is 1510. The van der Waals surface area contributed by atoms with E-state index in [1.165, 1.54) is 23.8 Å². The molecule has 0 aliphatic carbocycles. The van der Waals surface area contributed by atoms with E-state index in [1.807, 2.05) is 79.7 Å². The molecule has 3 aromatic rings. The number of thioether (sulfide) groups is 1. The van der Waals surface area contributed by atoms with Crippen molar-refractivity contribution in [3.63, 3.8) is 0 Å². The van der Waals surface area contributed by atoms with Crippen LogP contribution in [0, 0.1) is 0 Å². The molecule has 42 heavy (non-hydrogen) atoms. The molecule has 3 N–H and O–H groups in total. The molecule has 2 aliphatic rings. The lowest BCUT2D eigenvalue weighted by molar-refractivity contribution is -0.154. The maximum absolute atomic E-state index is 13.9. The molecule has 2 aliphatic heterocycles. The number of nitrogen functional groups attached to an aromatic ring is 1. The number of thiazole rings is 1. The van der Waals surface area contributed by atoms with Crippen molar-refractivity contribution in [1.29, 1.82) is 0 Å². The summed E-state index contributed by atoms with van der Waals surface area (Å²) >= 11 is 2.60. The molecule has 216 valence electrons. The molecule has 5 rings (SSSR count). The first-order valence-electron chi connectivity index (χ1n) is 13.2. The van der Waals surface area contributed by atoms with Crippen molar-refractivity contribution in [1.82, 2.24) is 15.2 Å². The molecule has 1 aromatic heterocycles. The van der Waals surface area contributed by atoms with Crippen molar-refractivity contribution >= 4 is 51.7 Å². The maximum atomic E-state index is 13.9. The molecule has 1 fully saturated rings. The maximum Gasteiger partial charge on any atom is 0.356 e. The number of nitrogens with two attached hydrogens (primary N) is 1. The summed E-state index contributed by atoms with van der Waals surface area (Å²) in [6.07, 6.45) is 3.87. The summed E-state index contributed by atoms with van der Waals surface area (Å²) in [7, 11) is 1.31. The summed E-state index contributed by atoms with van der Waals surface area (Å²) in [6, 6.07) is 18.0. The van der Waals surface area contributed by atoms with Crippen molar-refractivity contribution in [3.05, 3.63) is 106 Å². The first-order chi connectivity index (χ1) is 20.4. The van der Waals surface area contributed by atoms with E-state index in [2.05, 4.69) is 15.5 Å². The van der Waals surface area contributed by atoms with Gasteiger partial charge in [0.2, 0.25) is 0 Å². The highest BCUT2D eigenvalue weighted by atomic mass is 32.2. The number of rotatable bonds is 10. The van der Waals surface area contributed by atoms with Gasteiger partial charge >= 0.3 is 5.97 Å². The highest BCUT2D eigenvalue weighted by molar-refractivity contribution is 8.00. The fraction of sp³-hybridized carbons (Fsp3) is 0.233. The van der Waals surface area contributed by atoms with Crippen LogP contribution in [0.3, 0.4) is 0 Å². The van der Waals surface area contributed by atoms with Crippen molar-refractivity contribution in [2.45, 2.75) is 30.9 Å². The van der Waals surface area contributed by atoms with E-state index < -0.39 is 35.3 Å². The number of benzene rings is 2. The summed E-state index contributed by atoms with van der Waals surface area (Å²) in [5.74, 6) is -1.24. The minimum absolute atomic E-state index is 0.104. The fourth-order valence-corrected chi connectivity index (χ4v) is 6.54. The Kier molecular flexibility index (Phi) is 9.03. The number of esters is 1. The fourth-order valence-electron chi connectivity index (χ4n) is 4.67. The predicted octanol–water partition coefficient (Wildman–Crippen LogP) is 4.03. The number of nitrogens with one attached hydrogen (secondary N) is 1. The van der Waals surface area contributed by atoms with Crippen LogP contribution in [0.4, 0.5) is 5.13 Å². The number of fused-ring (bicyclic) bond motifs is 1. The number of anilines is 1. The number of hydrogen-bond donors (Lipinski definition) is 2. The summed E-state index contributed by atoms with van der Waals surface area (Å²) in [5, 5.41) is 7.86. The quantitative estimate of drug-likeness (QED) is 0.153. The average molecular weight is 604 g/mol. The van der Waals surface area contributed by atoms with Gasteiger partial charge in [-0.05, 0) is 23.1 Å². The van der Waals surface area contributed by atoms with Gasteiger partial charge in [0.15, 0.2) is 16.9 Å². The van der Waals surface area contributed by atoms with Crippen molar-refractivity contribution < 1.29 is 24.0 Å². The first-order valence-corrected chi connectivity index (χ1v) is 15.1. The second-order valence-corrected chi connectivity index (χ2v) is 11.3. The Morgan fingerprint density at radius 3 is 2.40 bits per heavy atom. The highest BCUT2D eigenvalue weighted by Crippen LogP contribution is 2.42. The third kappa shape index (κ3) is 5.95. The lowest BCUT2D eigenvalue weighted by atomic mass is 10.00. The Balaban J connectivity index is 1.41. The molecule has 0 radical (unpaired) electrons. The standard InChI is InChI=1S/C30H29N5O5S2/c1-3-4-11-20-16-41-28-23(33-26(36)22(34-39-2)21-17-42-30(31)32-21)27(37)35(28)24(20)29(38)40-25(18-12-7-5-8-13-18)19-14-9-6-10-15-19/h4-15,17,23,25,28H,3,16H2,1-2H3,(H2,31,32)(H,33,36)/b11-4-,34-22-. The number of ether oxygens (including phenoxy) is 1. The number of hydrogen-bond acceptors (Lipinski definition) is 10. The lowest BCUT2D eigenvalue weighted by Crippen LogP contribution is -2.71. The molecule has 3 heterocycles. The molecule has 1 saturated heterocycles. The van der Waals surface area contributed by atoms with Crippen molar-refractivity contribution in [2.75, 3.05) is 18.6 Å². The van der Waals surface area contributed by atoms with Crippen LogP contribution in [0.25, 0.3) is 0 Å². The largest absolute Gasteiger partial charge is 0.448 e. The monoisotopic (exact) mass is 603 g/mol. The van der Waals surface area contributed by atoms with Crippen LogP contribution in [0.15, 0.2) is 94.6 Å². The third-order valence-electron chi connectivity index (χ3n) is 6.62. The second kappa shape index (κ2) is 13.0. The molecular formula is C30H29N5O5S2. The Morgan fingerprint density at radius 2 is 1.83 bits per heavy atom. The van der Waals surface area contributed by atoms with Gasteiger partial charge in [0.1, 0.15) is 29.9 Å². The smallest absolute Gasteiger partial charge is 0.356 e. The highest BCUT2D eigenvalue weighted by Gasteiger charge is 2.54. The van der Waals surface area contributed by atoms with Crippen LogP contribution in [-0.4, -0.2) is 57.7 Å². The first kappa shape index (κ1) is 29.1. The van der Waals surface area contributed by atoms with Gasteiger partial charge in [0, 0.05) is 11.1 Å². The summed E-state index contributed by atoms with van der Waals surface area (Å²) in [4.78, 5) is 51.0. The van der Waals surface area contributed by atoms with Gasteiger partial charge in [0.05, 0.1) is 0 Å². The van der Waals surface area contributed by atoms with Gasteiger partial charge in [-0.25, -0.2) is 9.78 Å². The molecule has 10 nitrogen and oxygen atoms in total. The van der Waals surface area contributed by atoms with Gasteiger partial charge in [-0.1, -0.05) is 84.9 Å². The van der Waals surface area contributed by atoms with Crippen molar-refractivity contribution in [2.24, 2.45) is 5.16 Å². The SMILES string of the molecule is CC/C=C\C1=C(C(=O)OC(c2ccccc2)c2ccccc2)N2C(=O)C(NC(=O)/C(=N\OC)c3csc(N)n3)C2SC1. The van der Waals surface area contributed by atoms with Crippen LogP contribution in [-0.2, 0) is 24.0 Å². The van der Waals surface area contributed by atoms with E-state index in [0.717, 1.165) is 28.9 Å². The summed E-state index contributed by atoms with van der Waals surface area (Å²) < 4.78 is 6.14. The van der Waals surface area contributed by atoms with Crippen LogP contribution in [0.5, 0.6) is 0 Å². The second-order valence-electron chi connectivity index (χ2n) is 9.35. The third-order valence-corrected chi connectivity index (χ3v) is 8.60. The van der Waals surface area contributed by atoms with Crippen LogP contribution >= 0.6 is 23.1 Å². The van der Waals surface area contributed by atoms with Gasteiger partial charge in [0.25, 0.3) is 11.8 Å². The van der Waals surface area contributed by atoms with Crippen LogP contribution in [0.2, 0.25) is 0 Å². The molecule has 0 spiro atoms. The van der Waals surface area contributed by atoms with Crippen LogP contribution in [0.1, 0.15) is 36.3 Å². The number of β-lactam (4-membered cyclic amide) rings is 1. The molecule has 2 unspecified atom stereocenters. The number of carbonyl (C=O) groups is 3. The Hall–Kier alpha value is -4.42. The van der Waals surface area contributed by atoms with Gasteiger partial charge < -0.3 is 20.6 Å². The molecule has 2 amide bonds. The molecule has 0 bridgehead atoms. The van der Waals surface area contributed by atoms with Crippen LogP contribution < -0.4 is 11.1 Å². The van der Waals surface area contributed by atoms with Gasteiger partial charge in [-0.15, -0.1) is 23.1 Å². The van der Waals surface area contributed by atoms with Crippen molar-refractivity contribution in [3.8, 4) is 0 Å². The van der Waals surface area contributed by atoms with E-state index >= 15 is 0 Å². The summed E-state index contributed by atoms with van der Waals surface area (Å²) in [5.41, 5.74) is 8.32. The topological polar surface area (TPSA) is 136 Å². The minimum Gasteiger partial charge on any atom is -0.448 e. The van der Waals surface area contributed by atoms with E-state index in [4.69, 9.17) is 15.3 Å². The number of aromatic nitrogens is 1. The number of amides is 2. The van der Waals surface area contributed by atoms with Gasteiger partial charge in [-0.3, -0.25) is 14.5 Å². The Morgan fingerprint density at radius 1 is 1.17 bits per heavy atom. The van der Waals surface area contributed by atoms with Gasteiger partial charge in [-0.2, -0.15) is 0 Å². The molecule has 2 atom stereocenters. The van der Waals surface area contributed by atoms with E-state index in [1.54, 1.807) is 5.38 Å². The zero-order valence-electron chi connectivity index (χ0n) is 22.9. The van der Waals surface area contributed by atoms with E-state index in [0.29, 0.717) is 11.3 Å². The average Bonchev–Trinajstić information content (AvgIpc) is 3.45. The normalized spacial score (nSPS) is 18.6. The molecular weight excluding hydrogens is 574 g/mol. The minimum atomic E-state index is -0.890. The number of nitrogens with zero attached hydrogens (tertiary/aromatic N) is 3. The van der Waals surface area contributed by atoms with E-state index in [9.17, 15) is 14.4 Å². The summed E-state index contributed by atoms with van der Waals surface area (Å²) in [6.45, 7) is 1.99. The lowest BCUT2D eigenvalue weighted by Gasteiger charge is -2.49. The Labute approximate surface area is 251 Å².